The number of fused-ring (bicyclic) bond motifs is 3. The summed E-state index contributed by atoms with van der Waals surface area (Å²) in [6.07, 6.45) is 1.57. The molecule has 1 aromatic heterocycles. The fraction of sp³-hybridized carbons (Fsp3) is 0.125. The number of thioether (sulfide) groups is 1. The summed E-state index contributed by atoms with van der Waals surface area (Å²) in [6.45, 7) is 2.98. The number of benzene rings is 5. The normalized spacial score (nSPS) is 11.3. The average Bonchev–Trinajstić information content (AvgIpc) is 3.47. The van der Waals surface area contributed by atoms with Crippen molar-refractivity contribution in [2.75, 3.05) is 30.6 Å². The second-order valence-electron chi connectivity index (χ2n) is 11.3. The lowest BCUT2D eigenvalue weighted by atomic mass is 10.1. The number of anilines is 2. The third-order valence-electron chi connectivity index (χ3n) is 8.10. The van der Waals surface area contributed by atoms with Crippen molar-refractivity contribution >= 4 is 68.7 Å². The summed E-state index contributed by atoms with van der Waals surface area (Å²) in [5.41, 5.74) is 4.65. The van der Waals surface area contributed by atoms with E-state index in [9.17, 15) is 14.4 Å². The number of nitrogens with one attached hydrogen (secondary N) is 3. The smallest absolute Gasteiger partial charge is 0.272 e. The van der Waals surface area contributed by atoms with Gasteiger partial charge in [-0.25, -0.2) is 0 Å². The molecule has 0 saturated carbocycles. The molecule has 9 nitrogen and oxygen atoms in total. The molecule has 0 atom stereocenters. The Morgan fingerprint density at radius 1 is 0.720 bits per heavy atom. The van der Waals surface area contributed by atoms with Crippen molar-refractivity contribution in [3.8, 4) is 11.5 Å². The molecule has 0 aliphatic heterocycles. The molecule has 3 amide bonds. The average molecular weight is 685 g/mol. The molecule has 252 valence electrons. The second kappa shape index (κ2) is 15.5. The number of rotatable bonds is 12. The van der Waals surface area contributed by atoms with E-state index in [1.54, 1.807) is 67.8 Å². The predicted octanol–water partition coefficient (Wildman–Crippen LogP) is 7.97. The number of amides is 3. The Kier molecular flexibility index (Phi) is 10.5. The highest BCUT2D eigenvalue weighted by molar-refractivity contribution is 8.00. The number of methoxy groups -OCH3 is 2. The molecule has 0 bridgehead atoms. The van der Waals surface area contributed by atoms with E-state index in [4.69, 9.17) is 9.47 Å². The molecule has 6 rings (SSSR count). The van der Waals surface area contributed by atoms with Gasteiger partial charge in [0.25, 0.3) is 11.8 Å². The minimum atomic E-state index is -0.511. The maximum atomic E-state index is 13.5. The van der Waals surface area contributed by atoms with Crippen LogP contribution in [0.25, 0.3) is 27.9 Å². The number of nitrogens with zero attached hydrogens (tertiary/aromatic N) is 1. The van der Waals surface area contributed by atoms with E-state index in [1.165, 1.54) is 24.4 Å². The van der Waals surface area contributed by atoms with E-state index in [-0.39, 0.29) is 17.4 Å². The van der Waals surface area contributed by atoms with Crippen LogP contribution in [0.2, 0.25) is 0 Å². The first-order valence-corrected chi connectivity index (χ1v) is 17.0. The van der Waals surface area contributed by atoms with Gasteiger partial charge in [-0.05, 0) is 91.4 Å². The number of carbonyl (C=O) groups is 3. The van der Waals surface area contributed by atoms with Gasteiger partial charge in [0.15, 0.2) is 11.5 Å². The van der Waals surface area contributed by atoms with Gasteiger partial charge in [-0.1, -0.05) is 42.5 Å². The molecule has 0 fully saturated rings. The molecular formula is C40H36N4O5S. The van der Waals surface area contributed by atoms with Crippen molar-refractivity contribution in [3.63, 3.8) is 0 Å². The molecule has 0 saturated heterocycles. The highest BCUT2D eigenvalue weighted by Gasteiger charge is 2.16. The van der Waals surface area contributed by atoms with Crippen LogP contribution in [0.15, 0.2) is 126 Å². The van der Waals surface area contributed by atoms with Crippen molar-refractivity contribution in [3.05, 3.63) is 132 Å². The first-order valence-electron chi connectivity index (χ1n) is 16.0. The predicted molar refractivity (Wildman–Crippen MR) is 201 cm³/mol. The van der Waals surface area contributed by atoms with E-state index in [0.29, 0.717) is 28.3 Å². The largest absolute Gasteiger partial charge is 0.493 e. The molecule has 6 aromatic rings. The second-order valence-corrected chi connectivity index (χ2v) is 12.4. The van der Waals surface area contributed by atoms with Gasteiger partial charge in [0, 0.05) is 50.2 Å². The van der Waals surface area contributed by atoms with Crippen LogP contribution in [-0.4, -0.2) is 42.3 Å². The van der Waals surface area contributed by atoms with Crippen LogP contribution in [-0.2, 0) is 16.1 Å². The Labute approximate surface area is 294 Å². The zero-order chi connectivity index (χ0) is 35.0. The Balaban J connectivity index is 1.11. The molecule has 0 unspecified atom stereocenters. The first kappa shape index (κ1) is 33.9. The molecule has 3 N–H and O–H groups in total. The Bertz CT molecular complexity index is 2210. The van der Waals surface area contributed by atoms with Gasteiger partial charge in [-0.3, -0.25) is 14.4 Å². The monoisotopic (exact) mass is 684 g/mol. The molecule has 10 heteroatoms. The number of aryl methyl sites for hydroxylation is 1. The van der Waals surface area contributed by atoms with E-state index in [0.717, 1.165) is 33.4 Å². The summed E-state index contributed by atoms with van der Waals surface area (Å²) in [5.74, 6) is 0.179. The van der Waals surface area contributed by atoms with Crippen molar-refractivity contribution in [2.45, 2.75) is 18.4 Å². The zero-order valence-corrected chi connectivity index (χ0v) is 28.7. The summed E-state index contributed by atoms with van der Waals surface area (Å²) in [7, 11) is 3.07. The van der Waals surface area contributed by atoms with Crippen LogP contribution in [0, 0.1) is 0 Å². The number of para-hydroxylation sites is 1. The zero-order valence-electron chi connectivity index (χ0n) is 27.9. The number of ether oxygens (including phenoxy) is 2. The Hall–Kier alpha value is -6.00. The summed E-state index contributed by atoms with van der Waals surface area (Å²) < 4.78 is 13.0. The van der Waals surface area contributed by atoms with Gasteiger partial charge in [-0.2, -0.15) is 0 Å². The van der Waals surface area contributed by atoms with Crippen molar-refractivity contribution in [2.24, 2.45) is 0 Å². The lowest BCUT2D eigenvalue weighted by Gasteiger charge is -2.13. The maximum Gasteiger partial charge on any atom is 0.272 e. The van der Waals surface area contributed by atoms with Crippen LogP contribution in [0.5, 0.6) is 11.5 Å². The third kappa shape index (κ3) is 7.66. The highest BCUT2D eigenvalue weighted by atomic mass is 32.2. The van der Waals surface area contributed by atoms with E-state index in [1.807, 2.05) is 42.5 Å². The number of carbonyl (C=O) groups excluding carboxylic acids is 3. The first-order chi connectivity index (χ1) is 24.4. The van der Waals surface area contributed by atoms with Crippen LogP contribution in [0.4, 0.5) is 11.4 Å². The summed E-state index contributed by atoms with van der Waals surface area (Å²) in [5, 5.41) is 10.9. The Morgan fingerprint density at radius 2 is 1.42 bits per heavy atom. The lowest BCUT2D eigenvalue weighted by molar-refractivity contribution is -0.114. The fourth-order valence-electron chi connectivity index (χ4n) is 5.70. The SMILES string of the molecule is CCn1c2ccccc2c2cc(NC(=O)CSc3ccc(NC(=O)/C(=C/c4ccc(OC)c(OC)c4)NC(=O)c4ccccc4)cc3)ccc21. The van der Waals surface area contributed by atoms with Crippen molar-refractivity contribution in [1.82, 2.24) is 9.88 Å². The fourth-order valence-corrected chi connectivity index (χ4v) is 6.40. The van der Waals surface area contributed by atoms with Gasteiger partial charge < -0.3 is 30.0 Å². The van der Waals surface area contributed by atoms with E-state index >= 15 is 0 Å². The molecule has 0 aliphatic carbocycles. The molecule has 0 radical (unpaired) electrons. The quantitative estimate of drug-likeness (QED) is 0.0891. The van der Waals surface area contributed by atoms with Crippen molar-refractivity contribution in [1.29, 1.82) is 0 Å². The summed E-state index contributed by atoms with van der Waals surface area (Å²) in [6, 6.07) is 35.3. The van der Waals surface area contributed by atoms with Gasteiger partial charge in [0.1, 0.15) is 5.70 Å². The van der Waals surface area contributed by atoms with E-state index < -0.39 is 11.8 Å². The van der Waals surface area contributed by atoms with Gasteiger partial charge in [0.05, 0.1) is 20.0 Å². The summed E-state index contributed by atoms with van der Waals surface area (Å²) >= 11 is 1.39. The van der Waals surface area contributed by atoms with Crippen LogP contribution < -0.4 is 25.4 Å². The van der Waals surface area contributed by atoms with Gasteiger partial charge in [-0.15, -0.1) is 11.8 Å². The van der Waals surface area contributed by atoms with Crippen molar-refractivity contribution < 1.29 is 23.9 Å². The minimum absolute atomic E-state index is 0.0404. The molecule has 50 heavy (non-hydrogen) atoms. The summed E-state index contributed by atoms with van der Waals surface area (Å²) in [4.78, 5) is 40.3. The molecule has 0 aliphatic rings. The van der Waals surface area contributed by atoms with Crippen LogP contribution in [0.1, 0.15) is 22.8 Å². The molecule has 1 heterocycles. The third-order valence-corrected chi connectivity index (χ3v) is 9.11. The number of hydrogen-bond acceptors (Lipinski definition) is 6. The highest BCUT2D eigenvalue weighted by Crippen LogP contribution is 2.32. The van der Waals surface area contributed by atoms with Gasteiger partial charge >= 0.3 is 0 Å². The number of hydrogen-bond donors (Lipinski definition) is 3. The van der Waals surface area contributed by atoms with Crippen LogP contribution >= 0.6 is 11.8 Å². The Morgan fingerprint density at radius 3 is 2.16 bits per heavy atom. The standard InChI is InChI=1S/C40H36N4O5S/c1-4-44-34-13-9-8-12-31(34)32-24-29(17-20-35(32)44)41-38(45)25-50-30-18-15-28(16-19-30)42-40(47)33(43-39(46)27-10-6-5-7-11-27)22-26-14-21-36(48-2)37(23-26)49-3/h5-24H,4,25H2,1-3H3,(H,41,45)(H,42,47)(H,43,46)/b33-22-. The molecule has 0 spiro atoms. The lowest BCUT2D eigenvalue weighted by Crippen LogP contribution is -2.30. The molecule has 5 aromatic carbocycles. The topological polar surface area (TPSA) is 111 Å². The maximum absolute atomic E-state index is 13.5. The molecular weight excluding hydrogens is 649 g/mol. The minimum Gasteiger partial charge on any atom is -0.493 e. The number of aromatic nitrogens is 1. The van der Waals surface area contributed by atoms with Crippen LogP contribution in [0.3, 0.4) is 0 Å². The van der Waals surface area contributed by atoms with E-state index in [2.05, 4.69) is 45.6 Å². The van der Waals surface area contributed by atoms with Gasteiger partial charge in [0.2, 0.25) is 5.91 Å².